The summed E-state index contributed by atoms with van der Waals surface area (Å²) in [4.78, 5) is 34.1. The third-order valence-corrected chi connectivity index (χ3v) is 4.23. The molecule has 1 saturated heterocycles. The molecule has 1 aliphatic rings. The number of urea groups is 1. The Hall–Kier alpha value is -3.16. The summed E-state index contributed by atoms with van der Waals surface area (Å²) in [6.45, 7) is 1.58. The van der Waals surface area contributed by atoms with E-state index in [2.05, 4.69) is 20.6 Å². The van der Waals surface area contributed by atoms with E-state index < -0.39 is 5.91 Å². The Balaban J connectivity index is 1.59. The molecule has 1 aromatic heterocycles. The van der Waals surface area contributed by atoms with Crippen LogP contribution in [0, 0.1) is 0 Å². The van der Waals surface area contributed by atoms with Crippen molar-refractivity contribution in [3.8, 4) is 0 Å². The quantitative estimate of drug-likeness (QED) is 0.784. The van der Waals surface area contributed by atoms with Gasteiger partial charge in [-0.15, -0.1) is 0 Å². The second kappa shape index (κ2) is 8.28. The largest absolute Gasteiger partial charge is 0.382 e. The minimum atomic E-state index is -0.433. The summed E-state index contributed by atoms with van der Waals surface area (Å²) in [6, 6.07) is 6.82. The summed E-state index contributed by atoms with van der Waals surface area (Å²) in [5, 5.41) is 5.60. The predicted octanol–water partition coefficient (Wildman–Crippen LogP) is 2.72. The second-order valence-electron chi connectivity index (χ2n) is 6.15. The summed E-state index contributed by atoms with van der Waals surface area (Å²) < 4.78 is 0. The molecule has 26 heavy (non-hydrogen) atoms. The van der Waals surface area contributed by atoms with Gasteiger partial charge in [0.15, 0.2) is 11.5 Å². The van der Waals surface area contributed by atoms with E-state index >= 15 is 0 Å². The Kier molecular flexibility index (Phi) is 5.62. The molecule has 0 atom stereocenters. The summed E-state index contributed by atoms with van der Waals surface area (Å²) in [7, 11) is 0. The number of nitrogens with two attached hydrogens (primary N) is 1. The zero-order chi connectivity index (χ0) is 18.4. The molecule has 8 heteroatoms. The van der Waals surface area contributed by atoms with Gasteiger partial charge in [-0.1, -0.05) is 12.8 Å². The highest BCUT2D eigenvalue weighted by Crippen LogP contribution is 2.17. The van der Waals surface area contributed by atoms with Crippen LogP contribution < -0.4 is 16.4 Å². The number of rotatable bonds is 3. The van der Waals surface area contributed by atoms with Gasteiger partial charge in [-0.05, 0) is 37.1 Å². The number of likely N-dealkylation sites (tertiary alicyclic amines) is 1. The van der Waals surface area contributed by atoms with Gasteiger partial charge in [0.2, 0.25) is 0 Å². The third kappa shape index (κ3) is 4.47. The number of carbonyl (C=O) groups is 2. The fraction of sp³-hybridized carbons (Fsp3) is 0.333. The van der Waals surface area contributed by atoms with Crippen LogP contribution in [0.3, 0.4) is 0 Å². The van der Waals surface area contributed by atoms with E-state index in [-0.39, 0.29) is 17.5 Å². The molecule has 1 aliphatic heterocycles. The highest BCUT2D eigenvalue weighted by Gasteiger charge is 2.16. The van der Waals surface area contributed by atoms with Crippen molar-refractivity contribution in [1.29, 1.82) is 0 Å². The van der Waals surface area contributed by atoms with Crippen molar-refractivity contribution >= 4 is 29.1 Å². The van der Waals surface area contributed by atoms with Gasteiger partial charge < -0.3 is 21.3 Å². The lowest BCUT2D eigenvalue weighted by atomic mass is 10.2. The van der Waals surface area contributed by atoms with Gasteiger partial charge in [0.05, 0.1) is 0 Å². The number of benzene rings is 1. The van der Waals surface area contributed by atoms with Crippen LogP contribution in [0.2, 0.25) is 0 Å². The number of aromatic nitrogens is 2. The first-order valence-corrected chi connectivity index (χ1v) is 8.67. The molecule has 2 aromatic rings. The number of amides is 3. The maximum atomic E-state index is 12.3. The lowest BCUT2D eigenvalue weighted by Crippen LogP contribution is -2.35. The first-order chi connectivity index (χ1) is 12.6. The molecule has 0 unspecified atom stereocenters. The van der Waals surface area contributed by atoms with E-state index in [1.54, 1.807) is 24.3 Å². The van der Waals surface area contributed by atoms with Gasteiger partial charge in [-0.25, -0.2) is 14.8 Å². The zero-order valence-corrected chi connectivity index (χ0v) is 14.4. The molecule has 1 fully saturated rings. The van der Waals surface area contributed by atoms with Crippen LogP contribution in [0.4, 0.5) is 22.0 Å². The van der Waals surface area contributed by atoms with Crippen LogP contribution in [0.5, 0.6) is 0 Å². The Labute approximate surface area is 151 Å². The minimum Gasteiger partial charge on any atom is -0.382 e. The zero-order valence-electron chi connectivity index (χ0n) is 14.4. The fourth-order valence-corrected chi connectivity index (χ4v) is 2.83. The molecule has 3 amide bonds. The van der Waals surface area contributed by atoms with Crippen molar-refractivity contribution in [1.82, 2.24) is 14.9 Å². The number of hydrogen-bond acceptors (Lipinski definition) is 5. The number of nitrogen functional groups attached to an aromatic ring is 1. The molecular weight excluding hydrogens is 332 g/mol. The number of nitrogens with zero attached hydrogens (tertiary/aromatic N) is 3. The molecule has 1 aromatic carbocycles. The van der Waals surface area contributed by atoms with Crippen molar-refractivity contribution in [2.24, 2.45) is 0 Å². The van der Waals surface area contributed by atoms with E-state index in [1.165, 1.54) is 25.2 Å². The molecule has 0 saturated carbocycles. The van der Waals surface area contributed by atoms with E-state index in [9.17, 15) is 9.59 Å². The molecule has 0 bridgehead atoms. The van der Waals surface area contributed by atoms with Crippen molar-refractivity contribution < 1.29 is 9.59 Å². The first kappa shape index (κ1) is 17.7. The molecule has 2 heterocycles. The topological polar surface area (TPSA) is 113 Å². The third-order valence-electron chi connectivity index (χ3n) is 4.23. The normalized spacial score (nSPS) is 14.4. The Morgan fingerprint density at radius 3 is 2.08 bits per heavy atom. The van der Waals surface area contributed by atoms with Crippen LogP contribution in [0.1, 0.15) is 36.2 Å². The summed E-state index contributed by atoms with van der Waals surface area (Å²) in [6.07, 6.45) is 7.28. The Bertz CT molecular complexity index is 770. The van der Waals surface area contributed by atoms with Crippen LogP contribution in [-0.2, 0) is 0 Å². The standard InChI is InChI=1S/C18H22N6O2/c19-16-15(20-9-10-21-16)17(25)22-13-5-7-14(8-6-13)23-18(26)24-11-3-1-2-4-12-24/h5-10H,1-4,11-12H2,(H2,19,21)(H,22,25)(H,23,26). The number of nitrogens with one attached hydrogen (secondary N) is 2. The van der Waals surface area contributed by atoms with Crippen molar-refractivity contribution in [3.05, 3.63) is 42.4 Å². The lowest BCUT2D eigenvalue weighted by molar-refractivity contribution is 0.102. The highest BCUT2D eigenvalue weighted by atomic mass is 16.2. The van der Waals surface area contributed by atoms with Gasteiger partial charge in [0.25, 0.3) is 5.91 Å². The summed E-state index contributed by atoms with van der Waals surface area (Å²) in [5.41, 5.74) is 6.98. The van der Waals surface area contributed by atoms with Gasteiger partial charge in [-0.3, -0.25) is 4.79 Å². The molecule has 0 spiro atoms. The SMILES string of the molecule is Nc1nccnc1C(=O)Nc1ccc(NC(=O)N2CCCCCC2)cc1. The molecular formula is C18H22N6O2. The van der Waals surface area contributed by atoms with Crippen LogP contribution >= 0.6 is 0 Å². The monoisotopic (exact) mass is 354 g/mol. The molecule has 0 aliphatic carbocycles. The number of hydrogen-bond donors (Lipinski definition) is 3. The predicted molar refractivity (Wildman–Crippen MR) is 99.9 cm³/mol. The molecule has 0 radical (unpaired) electrons. The minimum absolute atomic E-state index is 0.0750. The molecule has 3 rings (SSSR count). The van der Waals surface area contributed by atoms with Gasteiger partial charge in [-0.2, -0.15) is 0 Å². The second-order valence-corrected chi connectivity index (χ2v) is 6.15. The van der Waals surface area contributed by atoms with E-state index in [0.29, 0.717) is 11.4 Å². The fourth-order valence-electron chi connectivity index (χ4n) is 2.83. The maximum absolute atomic E-state index is 12.3. The van der Waals surface area contributed by atoms with E-state index in [4.69, 9.17) is 5.73 Å². The van der Waals surface area contributed by atoms with Crippen molar-refractivity contribution in [2.45, 2.75) is 25.7 Å². The van der Waals surface area contributed by atoms with Crippen LogP contribution in [0.25, 0.3) is 0 Å². The Morgan fingerprint density at radius 2 is 1.46 bits per heavy atom. The highest BCUT2D eigenvalue weighted by molar-refractivity contribution is 6.05. The van der Waals surface area contributed by atoms with E-state index in [1.807, 2.05) is 4.90 Å². The van der Waals surface area contributed by atoms with Crippen LogP contribution in [-0.4, -0.2) is 39.9 Å². The average molecular weight is 354 g/mol. The average Bonchev–Trinajstić information content (AvgIpc) is 2.93. The lowest BCUT2D eigenvalue weighted by Gasteiger charge is -2.20. The van der Waals surface area contributed by atoms with Crippen molar-refractivity contribution in [3.63, 3.8) is 0 Å². The number of anilines is 3. The maximum Gasteiger partial charge on any atom is 0.321 e. The molecule has 136 valence electrons. The molecule has 4 N–H and O–H groups in total. The van der Waals surface area contributed by atoms with E-state index in [0.717, 1.165) is 25.9 Å². The van der Waals surface area contributed by atoms with Gasteiger partial charge >= 0.3 is 6.03 Å². The van der Waals surface area contributed by atoms with Crippen LogP contribution in [0.15, 0.2) is 36.7 Å². The smallest absolute Gasteiger partial charge is 0.321 e. The Morgan fingerprint density at radius 1 is 0.885 bits per heavy atom. The summed E-state index contributed by atoms with van der Waals surface area (Å²) in [5.74, 6) is -0.358. The number of carbonyl (C=O) groups excluding carboxylic acids is 2. The van der Waals surface area contributed by atoms with Crippen molar-refractivity contribution in [2.75, 3.05) is 29.5 Å². The first-order valence-electron chi connectivity index (χ1n) is 8.67. The van der Waals surface area contributed by atoms with Gasteiger partial charge in [0, 0.05) is 36.9 Å². The molecule has 8 nitrogen and oxygen atoms in total. The summed E-state index contributed by atoms with van der Waals surface area (Å²) >= 11 is 0. The van der Waals surface area contributed by atoms with Gasteiger partial charge in [0.1, 0.15) is 0 Å².